The summed E-state index contributed by atoms with van der Waals surface area (Å²) in [7, 11) is 1.53. The molecular weight excluding hydrogens is 220 g/mol. The van der Waals surface area contributed by atoms with Crippen molar-refractivity contribution in [3.05, 3.63) is 24.3 Å². The predicted molar refractivity (Wildman–Crippen MR) is 60.7 cm³/mol. The third-order valence-electron chi connectivity index (χ3n) is 2.58. The van der Waals surface area contributed by atoms with Gasteiger partial charge in [-0.05, 0) is 12.1 Å². The highest BCUT2D eigenvalue weighted by Crippen LogP contribution is 2.30. The maximum absolute atomic E-state index is 11.8. The Balaban J connectivity index is 2.42. The number of amides is 1. The molecule has 1 aliphatic heterocycles. The van der Waals surface area contributed by atoms with Crippen molar-refractivity contribution in [2.45, 2.75) is 6.04 Å². The normalized spacial score (nSPS) is 19.9. The van der Waals surface area contributed by atoms with E-state index in [1.165, 1.54) is 12.0 Å². The van der Waals surface area contributed by atoms with Crippen molar-refractivity contribution in [1.82, 2.24) is 0 Å². The van der Waals surface area contributed by atoms with Crippen LogP contribution in [0.2, 0.25) is 0 Å². The van der Waals surface area contributed by atoms with Crippen LogP contribution in [0.15, 0.2) is 24.3 Å². The number of methoxy groups -OCH3 is 1. The number of para-hydroxylation sites is 2. The molecule has 1 amide bonds. The number of hydrogen-bond acceptors (Lipinski definition) is 4. The van der Waals surface area contributed by atoms with Crippen LogP contribution in [0.25, 0.3) is 0 Å². The third-order valence-corrected chi connectivity index (χ3v) is 2.58. The Bertz CT molecular complexity index is 467. The number of hydrogen-bond donors (Lipinski definition) is 0. The highest BCUT2D eigenvalue weighted by Gasteiger charge is 2.31. The molecule has 1 fully saturated rings. The van der Waals surface area contributed by atoms with Gasteiger partial charge < -0.3 is 9.47 Å². The number of rotatable bonds is 2. The number of ether oxygens (including phenoxy) is 2. The van der Waals surface area contributed by atoms with Crippen molar-refractivity contribution in [2.24, 2.45) is 0 Å². The summed E-state index contributed by atoms with van der Waals surface area (Å²) in [6, 6.07) is 8.58. The zero-order valence-corrected chi connectivity index (χ0v) is 9.42. The summed E-state index contributed by atoms with van der Waals surface area (Å²) in [5.74, 6) is 0.343. The van der Waals surface area contributed by atoms with E-state index in [2.05, 4.69) is 6.07 Å². The minimum Gasteiger partial charge on any atom is -0.495 e. The molecule has 1 saturated heterocycles. The first-order chi connectivity index (χ1) is 8.27. The molecule has 0 aromatic heterocycles. The maximum atomic E-state index is 11.8. The van der Waals surface area contributed by atoms with Gasteiger partial charge in [-0.3, -0.25) is 9.69 Å². The predicted octanol–water partition coefficient (Wildman–Crippen LogP) is 0.951. The number of carbonyl (C=O) groups excluding carboxylic acids is 1. The van der Waals surface area contributed by atoms with Crippen molar-refractivity contribution >= 4 is 11.6 Å². The van der Waals surface area contributed by atoms with Crippen LogP contribution in [-0.2, 0) is 9.53 Å². The molecule has 1 heterocycles. The van der Waals surface area contributed by atoms with E-state index in [-0.39, 0.29) is 19.1 Å². The van der Waals surface area contributed by atoms with Crippen LogP contribution in [0, 0.1) is 11.3 Å². The van der Waals surface area contributed by atoms with Gasteiger partial charge in [-0.25, -0.2) is 0 Å². The molecular formula is C12H12N2O3. The van der Waals surface area contributed by atoms with Gasteiger partial charge in [-0.15, -0.1) is 0 Å². The van der Waals surface area contributed by atoms with Crippen LogP contribution in [0.4, 0.5) is 5.69 Å². The van der Waals surface area contributed by atoms with Gasteiger partial charge in [0.15, 0.2) is 0 Å². The molecule has 1 aromatic carbocycles. The van der Waals surface area contributed by atoms with Crippen LogP contribution in [-0.4, -0.2) is 32.3 Å². The molecule has 0 aliphatic carbocycles. The van der Waals surface area contributed by atoms with Crippen molar-refractivity contribution in [2.75, 3.05) is 25.2 Å². The van der Waals surface area contributed by atoms with E-state index in [0.29, 0.717) is 11.4 Å². The second-order valence-corrected chi connectivity index (χ2v) is 3.60. The summed E-state index contributed by atoms with van der Waals surface area (Å²) in [4.78, 5) is 13.3. The molecule has 2 rings (SSSR count). The van der Waals surface area contributed by atoms with Crippen molar-refractivity contribution in [3.8, 4) is 11.8 Å². The van der Waals surface area contributed by atoms with Gasteiger partial charge >= 0.3 is 0 Å². The van der Waals surface area contributed by atoms with Crippen LogP contribution in [0.5, 0.6) is 5.75 Å². The lowest BCUT2D eigenvalue weighted by atomic mass is 10.2. The van der Waals surface area contributed by atoms with Crippen molar-refractivity contribution in [1.29, 1.82) is 5.26 Å². The second-order valence-electron chi connectivity index (χ2n) is 3.60. The SMILES string of the molecule is COc1ccccc1N1C(=O)COCC1C#N. The molecule has 5 nitrogen and oxygen atoms in total. The lowest BCUT2D eigenvalue weighted by Gasteiger charge is -2.32. The van der Waals surface area contributed by atoms with E-state index < -0.39 is 6.04 Å². The van der Waals surface area contributed by atoms with Gasteiger partial charge in [0.2, 0.25) is 0 Å². The fourth-order valence-corrected chi connectivity index (χ4v) is 1.80. The minimum absolute atomic E-state index is 0.00374. The van der Waals surface area contributed by atoms with E-state index in [0.717, 1.165) is 0 Å². The largest absolute Gasteiger partial charge is 0.495 e. The number of morpholine rings is 1. The topological polar surface area (TPSA) is 62.6 Å². The lowest BCUT2D eigenvalue weighted by Crippen LogP contribution is -2.49. The Hall–Kier alpha value is -2.06. The highest BCUT2D eigenvalue weighted by atomic mass is 16.5. The van der Waals surface area contributed by atoms with Crippen LogP contribution >= 0.6 is 0 Å². The summed E-state index contributed by atoms with van der Waals surface area (Å²) in [5.41, 5.74) is 0.606. The van der Waals surface area contributed by atoms with E-state index in [9.17, 15) is 4.79 Å². The van der Waals surface area contributed by atoms with Gasteiger partial charge in [0, 0.05) is 0 Å². The lowest BCUT2D eigenvalue weighted by molar-refractivity contribution is -0.126. The van der Waals surface area contributed by atoms with E-state index in [4.69, 9.17) is 14.7 Å². The van der Waals surface area contributed by atoms with Crippen LogP contribution in [0.3, 0.4) is 0 Å². The van der Waals surface area contributed by atoms with Crippen LogP contribution < -0.4 is 9.64 Å². The first kappa shape index (κ1) is 11.4. The Kier molecular flexibility index (Phi) is 3.26. The average molecular weight is 232 g/mol. The summed E-state index contributed by atoms with van der Waals surface area (Å²) >= 11 is 0. The molecule has 0 radical (unpaired) electrons. The molecule has 0 N–H and O–H groups in total. The molecule has 1 aromatic rings. The van der Waals surface area contributed by atoms with Gasteiger partial charge in [-0.1, -0.05) is 12.1 Å². The van der Waals surface area contributed by atoms with Gasteiger partial charge in [0.25, 0.3) is 5.91 Å². The zero-order valence-electron chi connectivity index (χ0n) is 9.42. The number of nitriles is 1. The number of nitrogens with zero attached hydrogens (tertiary/aromatic N) is 2. The first-order valence-electron chi connectivity index (χ1n) is 5.20. The Labute approximate surface area is 99.2 Å². The van der Waals surface area contributed by atoms with Crippen LogP contribution in [0.1, 0.15) is 0 Å². The number of anilines is 1. The van der Waals surface area contributed by atoms with Gasteiger partial charge in [0.05, 0.1) is 25.5 Å². The first-order valence-corrected chi connectivity index (χ1v) is 5.20. The smallest absolute Gasteiger partial charge is 0.254 e. The minimum atomic E-state index is -0.604. The van der Waals surface area contributed by atoms with Crippen molar-refractivity contribution in [3.63, 3.8) is 0 Å². The molecule has 17 heavy (non-hydrogen) atoms. The van der Waals surface area contributed by atoms with Gasteiger partial charge in [0.1, 0.15) is 18.4 Å². The molecule has 5 heteroatoms. The molecule has 0 saturated carbocycles. The standard InChI is InChI=1S/C12H12N2O3/c1-16-11-5-3-2-4-10(11)14-9(6-13)7-17-8-12(14)15/h2-5,9H,7-8H2,1H3. The fourth-order valence-electron chi connectivity index (χ4n) is 1.80. The third kappa shape index (κ3) is 2.08. The molecule has 0 bridgehead atoms. The number of benzene rings is 1. The number of carbonyl (C=O) groups is 1. The summed E-state index contributed by atoms with van der Waals surface area (Å²) in [6.07, 6.45) is 0. The average Bonchev–Trinajstić information content (AvgIpc) is 2.38. The summed E-state index contributed by atoms with van der Waals surface area (Å²) in [6.45, 7) is 0.219. The zero-order chi connectivity index (χ0) is 12.3. The summed E-state index contributed by atoms with van der Waals surface area (Å²) < 4.78 is 10.3. The molecule has 1 atom stereocenters. The van der Waals surface area contributed by atoms with E-state index in [1.54, 1.807) is 18.2 Å². The van der Waals surface area contributed by atoms with E-state index >= 15 is 0 Å². The summed E-state index contributed by atoms with van der Waals surface area (Å²) in [5, 5.41) is 9.04. The Morgan fingerprint density at radius 2 is 2.29 bits per heavy atom. The Morgan fingerprint density at radius 1 is 1.53 bits per heavy atom. The molecule has 0 spiro atoms. The highest BCUT2D eigenvalue weighted by molar-refractivity contribution is 5.97. The molecule has 1 aliphatic rings. The molecule has 1 unspecified atom stereocenters. The van der Waals surface area contributed by atoms with E-state index in [1.807, 2.05) is 6.07 Å². The Morgan fingerprint density at radius 3 is 3.00 bits per heavy atom. The second kappa shape index (κ2) is 4.85. The maximum Gasteiger partial charge on any atom is 0.254 e. The fraction of sp³-hybridized carbons (Fsp3) is 0.333. The monoisotopic (exact) mass is 232 g/mol. The quantitative estimate of drug-likeness (QED) is 0.761. The molecule has 88 valence electrons. The van der Waals surface area contributed by atoms with Crippen molar-refractivity contribution < 1.29 is 14.3 Å². The van der Waals surface area contributed by atoms with Gasteiger partial charge in [-0.2, -0.15) is 5.26 Å².